The Bertz CT molecular complexity index is 665. The van der Waals surface area contributed by atoms with Crippen molar-refractivity contribution < 1.29 is 9.18 Å². The molecule has 3 N–H and O–H groups in total. The average molecular weight is 291 g/mol. The Balaban J connectivity index is 1.95. The van der Waals surface area contributed by atoms with Gasteiger partial charge in [0.25, 0.3) is 5.91 Å². The Kier molecular flexibility index (Phi) is 3.48. The lowest BCUT2D eigenvalue weighted by Crippen LogP contribution is -2.44. The molecular formula is C12H14FN7O. The van der Waals surface area contributed by atoms with E-state index in [0.717, 1.165) is 32.4 Å². The Morgan fingerprint density at radius 2 is 2.10 bits per heavy atom. The zero-order chi connectivity index (χ0) is 14.8. The Hall–Kier alpha value is -2.55. The molecule has 1 aliphatic heterocycles. The summed E-state index contributed by atoms with van der Waals surface area (Å²) in [6.45, 7) is 3.14. The van der Waals surface area contributed by atoms with Crippen molar-refractivity contribution in [2.24, 2.45) is 5.73 Å². The molecule has 1 amide bonds. The highest BCUT2D eigenvalue weighted by atomic mass is 19.1. The van der Waals surface area contributed by atoms with Crippen LogP contribution in [0.5, 0.6) is 0 Å². The summed E-state index contributed by atoms with van der Waals surface area (Å²) in [5.74, 6) is -0.818. The van der Waals surface area contributed by atoms with Gasteiger partial charge in [-0.05, 0) is 0 Å². The van der Waals surface area contributed by atoms with Gasteiger partial charge >= 0.3 is 0 Å². The van der Waals surface area contributed by atoms with Crippen LogP contribution in [0.3, 0.4) is 0 Å². The van der Waals surface area contributed by atoms with Crippen molar-refractivity contribution in [3.05, 3.63) is 30.0 Å². The summed E-state index contributed by atoms with van der Waals surface area (Å²) in [6, 6.07) is 0. The standard InChI is InChI=1S/C12H14FN7O/c13-9-6-16-12(19-3-1-15-2-4-19)18-11(9)20-7-8(5-17-20)10(14)21/h5-7,15H,1-4H2,(H2,14,21). The van der Waals surface area contributed by atoms with Gasteiger partial charge in [-0.3, -0.25) is 4.79 Å². The number of halogens is 1. The van der Waals surface area contributed by atoms with Crippen molar-refractivity contribution in [3.63, 3.8) is 0 Å². The van der Waals surface area contributed by atoms with Crippen molar-refractivity contribution in [2.75, 3.05) is 31.1 Å². The largest absolute Gasteiger partial charge is 0.366 e. The number of nitrogens with one attached hydrogen (secondary N) is 1. The molecule has 0 saturated carbocycles. The molecule has 0 spiro atoms. The minimum atomic E-state index is -0.627. The third kappa shape index (κ3) is 2.68. The van der Waals surface area contributed by atoms with Gasteiger partial charge in [0.15, 0.2) is 11.6 Å². The molecule has 0 aromatic carbocycles. The fourth-order valence-corrected chi connectivity index (χ4v) is 2.09. The average Bonchev–Trinajstić information content (AvgIpc) is 2.98. The second-order valence-corrected chi connectivity index (χ2v) is 4.62. The van der Waals surface area contributed by atoms with E-state index in [1.807, 2.05) is 4.90 Å². The molecule has 8 nitrogen and oxygen atoms in total. The molecule has 0 radical (unpaired) electrons. The predicted molar refractivity (Wildman–Crippen MR) is 72.7 cm³/mol. The maximum Gasteiger partial charge on any atom is 0.251 e. The number of nitrogens with two attached hydrogens (primary N) is 1. The van der Waals surface area contributed by atoms with E-state index in [0.29, 0.717) is 5.95 Å². The molecular weight excluding hydrogens is 277 g/mol. The van der Waals surface area contributed by atoms with Crippen LogP contribution in [0, 0.1) is 5.82 Å². The zero-order valence-corrected chi connectivity index (χ0v) is 11.2. The highest BCUT2D eigenvalue weighted by Crippen LogP contribution is 2.15. The summed E-state index contributed by atoms with van der Waals surface area (Å²) in [5.41, 5.74) is 5.35. The Morgan fingerprint density at radius 1 is 1.33 bits per heavy atom. The number of aromatic nitrogens is 4. The summed E-state index contributed by atoms with van der Waals surface area (Å²) in [4.78, 5) is 21.2. The lowest BCUT2D eigenvalue weighted by molar-refractivity contribution is 0.100. The second kappa shape index (κ2) is 5.44. The number of carbonyl (C=O) groups excluding carboxylic acids is 1. The first-order valence-electron chi connectivity index (χ1n) is 6.48. The molecule has 0 atom stereocenters. The first kappa shape index (κ1) is 13.4. The number of hydrogen-bond acceptors (Lipinski definition) is 6. The van der Waals surface area contributed by atoms with Gasteiger partial charge in [0, 0.05) is 32.4 Å². The lowest BCUT2D eigenvalue weighted by atomic mass is 10.3. The van der Waals surface area contributed by atoms with Crippen LogP contribution >= 0.6 is 0 Å². The molecule has 110 valence electrons. The summed E-state index contributed by atoms with van der Waals surface area (Å²) in [5, 5.41) is 7.13. The second-order valence-electron chi connectivity index (χ2n) is 4.62. The summed E-state index contributed by atoms with van der Waals surface area (Å²) in [6.07, 6.45) is 3.72. The first-order valence-corrected chi connectivity index (χ1v) is 6.48. The highest BCUT2D eigenvalue weighted by molar-refractivity contribution is 5.92. The zero-order valence-electron chi connectivity index (χ0n) is 11.2. The van der Waals surface area contributed by atoms with E-state index in [9.17, 15) is 9.18 Å². The number of anilines is 1. The van der Waals surface area contributed by atoms with E-state index in [4.69, 9.17) is 5.73 Å². The van der Waals surface area contributed by atoms with Crippen molar-refractivity contribution in [3.8, 4) is 5.82 Å². The minimum absolute atomic E-state index is 0.00830. The van der Waals surface area contributed by atoms with Crippen molar-refractivity contribution in [1.29, 1.82) is 0 Å². The maximum absolute atomic E-state index is 13.9. The van der Waals surface area contributed by atoms with Crippen molar-refractivity contribution in [1.82, 2.24) is 25.1 Å². The molecule has 1 saturated heterocycles. The van der Waals surface area contributed by atoms with Crippen LogP contribution < -0.4 is 16.0 Å². The van der Waals surface area contributed by atoms with Gasteiger partial charge in [-0.15, -0.1) is 0 Å². The van der Waals surface area contributed by atoms with E-state index in [2.05, 4.69) is 20.4 Å². The predicted octanol–water partition coefficient (Wildman–Crippen LogP) is -0.690. The summed E-state index contributed by atoms with van der Waals surface area (Å²) < 4.78 is 15.1. The number of hydrogen-bond donors (Lipinski definition) is 2. The minimum Gasteiger partial charge on any atom is -0.366 e. The molecule has 0 aliphatic carbocycles. The number of carbonyl (C=O) groups is 1. The molecule has 0 bridgehead atoms. The third-order valence-electron chi connectivity index (χ3n) is 3.20. The van der Waals surface area contributed by atoms with Crippen LogP contribution in [-0.2, 0) is 0 Å². The van der Waals surface area contributed by atoms with Crippen LogP contribution in [0.4, 0.5) is 10.3 Å². The van der Waals surface area contributed by atoms with Crippen LogP contribution in [0.15, 0.2) is 18.6 Å². The van der Waals surface area contributed by atoms with Gasteiger partial charge < -0.3 is 16.0 Å². The molecule has 3 rings (SSSR count). The monoisotopic (exact) mass is 291 g/mol. The smallest absolute Gasteiger partial charge is 0.251 e. The number of rotatable bonds is 3. The third-order valence-corrected chi connectivity index (χ3v) is 3.20. The molecule has 2 aromatic heterocycles. The SMILES string of the molecule is NC(=O)c1cnn(-c2nc(N3CCNCC3)ncc2F)c1. The van der Waals surface area contributed by atoms with Gasteiger partial charge in [0.05, 0.1) is 18.0 Å². The first-order chi connectivity index (χ1) is 10.1. The quantitative estimate of drug-likeness (QED) is 0.776. The Labute approximate surface area is 119 Å². The van der Waals surface area contributed by atoms with Gasteiger partial charge in [0.1, 0.15) is 0 Å². The van der Waals surface area contributed by atoms with E-state index in [-0.39, 0.29) is 11.4 Å². The van der Waals surface area contributed by atoms with Crippen LogP contribution in [-0.4, -0.2) is 51.8 Å². The van der Waals surface area contributed by atoms with Crippen LogP contribution in [0.25, 0.3) is 5.82 Å². The normalized spacial score (nSPS) is 15.2. The van der Waals surface area contributed by atoms with Gasteiger partial charge in [-0.1, -0.05) is 0 Å². The van der Waals surface area contributed by atoms with E-state index in [1.54, 1.807) is 0 Å². The summed E-state index contributed by atoms with van der Waals surface area (Å²) >= 11 is 0. The fourth-order valence-electron chi connectivity index (χ4n) is 2.09. The van der Waals surface area contributed by atoms with E-state index < -0.39 is 11.7 Å². The number of primary amides is 1. The maximum atomic E-state index is 13.9. The van der Waals surface area contributed by atoms with Crippen molar-refractivity contribution >= 4 is 11.9 Å². The molecule has 3 heterocycles. The highest BCUT2D eigenvalue weighted by Gasteiger charge is 2.17. The lowest BCUT2D eigenvalue weighted by Gasteiger charge is -2.27. The van der Waals surface area contributed by atoms with Crippen molar-refractivity contribution in [2.45, 2.75) is 0 Å². The molecule has 9 heteroatoms. The number of amides is 1. The molecule has 1 aliphatic rings. The number of nitrogens with zero attached hydrogens (tertiary/aromatic N) is 5. The van der Waals surface area contributed by atoms with E-state index in [1.165, 1.54) is 17.1 Å². The van der Waals surface area contributed by atoms with Crippen LogP contribution in [0.2, 0.25) is 0 Å². The van der Waals surface area contributed by atoms with Gasteiger partial charge in [0.2, 0.25) is 5.95 Å². The molecule has 2 aromatic rings. The topological polar surface area (TPSA) is 102 Å². The molecule has 1 fully saturated rings. The Morgan fingerprint density at radius 3 is 2.76 bits per heavy atom. The number of piperazine rings is 1. The molecule has 0 unspecified atom stereocenters. The van der Waals surface area contributed by atoms with Gasteiger partial charge in [-0.2, -0.15) is 10.1 Å². The fraction of sp³-hybridized carbons (Fsp3) is 0.333. The van der Waals surface area contributed by atoms with Gasteiger partial charge in [-0.25, -0.2) is 14.1 Å². The van der Waals surface area contributed by atoms with E-state index >= 15 is 0 Å². The van der Waals surface area contributed by atoms with Crippen LogP contribution in [0.1, 0.15) is 10.4 Å². The molecule has 21 heavy (non-hydrogen) atoms. The summed E-state index contributed by atoms with van der Waals surface area (Å²) in [7, 11) is 0.